The molecule has 1 aliphatic rings. The van der Waals surface area contributed by atoms with Crippen LogP contribution in [0, 0.1) is 5.41 Å². The molecule has 5 nitrogen and oxygen atoms in total. The maximum absolute atomic E-state index is 3.91. The monoisotopic (exact) mass is 167 g/mol. The van der Waals surface area contributed by atoms with Crippen molar-refractivity contribution in [1.29, 1.82) is 0 Å². The highest BCUT2D eigenvalue weighted by molar-refractivity contribution is 5.25. The molecule has 66 valence electrons. The molecule has 2 rings (SSSR count). The van der Waals surface area contributed by atoms with Gasteiger partial charge in [0.1, 0.15) is 0 Å². The number of aromatic nitrogens is 4. The quantitative estimate of drug-likeness (QED) is 0.709. The average Bonchev–Trinajstić information content (AvgIpc) is 2.55. The molecular weight excluding hydrogens is 154 g/mol. The van der Waals surface area contributed by atoms with E-state index in [1.165, 1.54) is 12.8 Å². The third kappa shape index (κ3) is 1.39. The molecule has 1 saturated carbocycles. The summed E-state index contributed by atoms with van der Waals surface area (Å²) in [5.41, 5.74) is 0.495. The molecule has 0 amide bonds. The Bertz CT molecular complexity index is 251. The lowest BCUT2D eigenvalue weighted by atomic mass is 10.1. The van der Waals surface area contributed by atoms with Crippen molar-refractivity contribution < 1.29 is 0 Å². The van der Waals surface area contributed by atoms with E-state index in [0.717, 1.165) is 6.54 Å². The van der Waals surface area contributed by atoms with Crippen LogP contribution in [0.5, 0.6) is 0 Å². The van der Waals surface area contributed by atoms with Crippen LogP contribution >= 0.6 is 0 Å². The fourth-order valence-electron chi connectivity index (χ4n) is 1.33. The second kappa shape index (κ2) is 2.43. The van der Waals surface area contributed by atoms with Gasteiger partial charge in [0.2, 0.25) is 0 Å². The van der Waals surface area contributed by atoms with Gasteiger partial charge >= 0.3 is 0 Å². The van der Waals surface area contributed by atoms with Gasteiger partial charge in [-0.05, 0) is 23.5 Å². The number of aromatic amines is 1. The molecule has 0 saturated heterocycles. The molecule has 1 aromatic rings. The molecule has 0 spiro atoms. The smallest absolute Gasteiger partial charge is 0.265 e. The summed E-state index contributed by atoms with van der Waals surface area (Å²) in [5.74, 6) is 0.683. The SMILES string of the molecule is CN(CC1(C)CC1)c1nn[nH]n1. The fraction of sp³-hybridized carbons (Fsp3) is 0.857. The van der Waals surface area contributed by atoms with E-state index in [9.17, 15) is 0 Å². The second-order valence-electron chi connectivity index (χ2n) is 3.88. The molecule has 0 radical (unpaired) electrons. The van der Waals surface area contributed by atoms with E-state index in [0.29, 0.717) is 11.4 Å². The van der Waals surface area contributed by atoms with Gasteiger partial charge in [-0.25, -0.2) is 0 Å². The van der Waals surface area contributed by atoms with Crippen molar-refractivity contribution in [3.05, 3.63) is 0 Å². The molecule has 0 atom stereocenters. The molecule has 5 heteroatoms. The third-order valence-electron chi connectivity index (χ3n) is 2.40. The van der Waals surface area contributed by atoms with Crippen molar-refractivity contribution in [2.24, 2.45) is 5.41 Å². The third-order valence-corrected chi connectivity index (χ3v) is 2.40. The Kier molecular flexibility index (Phi) is 1.52. The summed E-state index contributed by atoms with van der Waals surface area (Å²) in [6.07, 6.45) is 2.63. The maximum Gasteiger partial charge on any atom is 0.265 e. The van der Waals surface area contributed by atoms with Gasteiger partial charge in [-0.2, -0.15) is 5.21 Å². The summed E-state index contributed by atoms with van der Waals surface area (Å²) < 4.78 is 0. The zero-order valence-corrected chi connectivity index (χ0v) is 7.41. The lowest BCUT2D eigenvalue weighted by Gasteiger charge is -2.18. The lowest BCUT2D eigenvalue weighted by molar-refractivity contribution is 0.563. The van der Waals surface area contributed by atoms with E-state index in [-0.39, 0.29) is 0 Å². The Labute approximate surface area is 71.1 Å². The van der Waals surface area contributed by atoms with Crippen LogP contribution < -0.4 is 4.90 Å². The van der Waals surface area contributed by atoms with Gasteiger partial charge < -0.3 is 4.90 Å². The molecule has 1 aromatic heterocycles. The van der Waals surface area contributed by atoms with Crippen LogP contribution in [0.4, 0.5) is 5.95 Å². The van der Waals surface area contributed by atoms with E-state index in [4.69, 9.17) is 0 Å². The fourth-order valence-corrected chi connectivity index (χ4v) is 1.33. The highest BCUT2D eigenvalue weighted by Gasteiger charge is 2.38. The van der Waals surface area contributed by atoms with E-state index in [1.54, 1.807) is 0 Å². The summed E-state index contributed by atoms with van der Waals surface area (Å²) in [6, 6.07) is 0. The summed E-state index contributed by atoms with van der Waals surface area (Å²) in [5, 5.41) is 13.8. The molecule has 0 bridgehead atoms. The molecule has 1 aliphatic carbocycles. The number of tetrazole rings is 1. The first-order chi connectivity index (χ1) is 5.70. The number of nitrogens with one attached hydrogen (secondary N) is 1. The van der Waals surface area contributed by atoms with E-state index >= 15 is 0 Å². The molecular formula is C7H13N5. The maximum atomic E-state index is 3.91. The van der Waals surface area contributed by atoms with Crippen LogP contribution in [0.25, 0.3) is 0 Å². The van der Waals surface area contributed by atoms with Crippen LogP contribution in [0.3, 0.4) is 0 Å². The summed E-state index contributed by atoms with van der Waals surface area (Å²) in [6.45, 7) is 3.30. The van der Waals surface area contributed by atoms with Crippen molar-refractivity contribution >= 4 is 5.95 Å². The Morgan fingerprint density at radius 3 is 2.83 bits per heavy atom. The van der Waals surface area contributed by atoms with Crippen molar-refractivity contribution in [2.45, 2.75) is 19.8 Å². The number of anilines is 1. The Balaban J connectivity index is 1.97. The molecule has 0 unspecified atom stereocenters. The van der Waals surface area contributed by atoms with Gasteiger partial charge in [-0.3, -0.25) is 0 Å². The predicted molar refractivity (Wildman–Crippen MR) is 44.8 cm³/mol. The largest absolute Gasteiger partial charge is 0.341 e. The molecule has 0 aliphatic heterocycles. The number of hydrogen-bond donors (Lipinski definition) is 1. The van der Waals surface area contributed by atoms with E-state index in [1.807, 2.05) is 11.9 Å². The van der Waals surface area contributed by atoms with Crippen molar-refractivity contribution in [3.8, 4) is 0 Å². The number of H-pyrrole nitrogens is 1. The summed E-state index contributed by atoms with van der Waals surface area (Å²) in [7, 11) is 1.99. The Morgan fingerprint density at radius 2 is 2.33 bits per heavy atom. The van der Waals surface area contributed by atoms with Crippen LogP contribution in [0.2, 0.25) is 0 Å². The standard InChI is InChI=1S/C7H13N5/c1-7(3-4-7)5-12(2)6-8-10-11-9-6/h3-5H2,1-2H3,(H,8,9,10,11). The van der Waals surface area contributed by atoms with Crippen molar-refractivity contribution in [2.75, 3.05) is 18.5 Å². The average molecular weight is 167 g/mol. The van der Waals surface area contributed by atoms with E-state index < -0.39 is 0 Å². The minimum atomic E-state index is 0.495. The normalized spacial score (nSPS) is 19.2. The first-order valence-corrected chi connectivity index (χ1v) is 4.14. The second-order valence-corrected chi connectivity index (χ2v) is 3.88. The molecule has 0 aromatic carbocycles. The summed E-state index contributed by atoms with van der Waals surface area (Å²) >= 11 is 0. The predicted octanol–water partition coefficient (Wildman–Crippen LogP) is 0.436. The number of hydrogen-bond acceptors (Lipinski definition) is 4. The zero-order valence-electron chi connectivity index (χ0n) is 7.41. The topological polar surface area (TPSA) is 57.7 Å². The van der Waals surface area contributed by atoms with Crippen LogP contribution in [-0.2, 0) is 0 Å². The lowest BCUT2D eigenvalue weighted by Crippen LogP contribution is -2.25. The number of rotatable bonds is 3. The highest BCUT2D eigenvalue weighted by Crippen LogP contribution is 2.45. The van der Waals surface area contributed by atoms with Gasteiger partial charge in [0, 0.05) is 13.6 Å². The zero-order chi connectivity index (χ0) is 8.60. The molecule has 1 fully saturated rings. The summed E-state index contributed by atoms with van der Waals surface area (Å²) in [4.78, 5) is 2.04. The van der Waals surface area contributed by atoms with Crippen LogP contribution in [0.15, 0.2) is 0 Å². The van der Waals surface area contributed by atoms with E-state index in [2.05, 4.69) is 27.5 Å². The molecule has 12 heavy (non-hydrogen) atoms. The Morgan fingerprint density at radius 1 is 1.58 bits per heavy atom. The van der Waals surface area contributed by atoms with Crippen molar-refractivity contribution in [1.82, 2.24) is 20.6 Å². The molecule has 1 heterocycles. The Hall–Kier alpha value is -1.13. The van der Waals surface area contributed by atoms with Gasteiger partial charge in [-0.1, -0.05) is 12.0 Å². The van der Waals surface area contributed by atoms with Crippen molar-refractivity contribution in [3.63, 3.8) is 0 Å². The highest BCUT2D eigenvalue weighted by atomic mass is 15.5. The molecule has 1 N–H and O–H groups in total. The number of nitrogens with zero attached hydrogens (tertiary/aromatic N) is 4. The minimum Gasteiger partial charge on any atom is -0.341 e. The van der Waals surface area contributed by atoms with Crippen LogP contribution in [0.1, 0.15) is 19.8 Å². The minimum absolute atomic E-state index is 0.495. The van der Waals surface area contributed by atoms with Gasteiger partial charge in [0.15, 0.2) is 0 Å². The van der Waals surface area contributed by atoms with Gasteiger partial charge in [-0.15, -0.1) is 5.10 Å². The van der Waals surface area contributed by atoms with Crippen LogP contribution in [-0.4, -0.2) is 34.2 Å². The first-order valence-electron chi connectivity index (χ1n) is 4.14. The van der Waals surface area contributed by atoms with Gasteiger partial charge in [0.05, 0.1) is 0 Å². The first kappa shape index (κ1) is 7.52. The van der Waals surface area contributed by atoms with Gasteiger partial charge in [0.25, 0.3) is 5.95 Å².